The van der Waals surface area contributed by atoms with E-state index < -0.39 is 0 Å². The summed E-state index contributed by atoms with van der Waals surface area (Å²) in [4.78, 5) is 6.05. The molecule has 8 heteroatoms. The highest BCUT2D eigenvalue weighted by Gasteiger charge is 2.16. The summed E-state index contributed by atoms with van der Waals surface area (Å²) in [6, 6.07) is 6.52. The first-order valence-corrected chi connectivity index (χ1v) is 8.42. The zero-order valence-electron chi connectivity index (χ0n) is 15.8. The number of benzene rings is 2. The fraction of sp³-hybridized carbons (Fsp3) is 0.200. The molecule has 28 heavy (non-hydrogen) atoms. The maximum Gasteiger partial charge on any atom is 0.162 e. The second-order valence-corrected chi connectivity index (χ2v) is 6.16. The van der Waals surface area contributed by atoms with Gasteiger partial charge in [-0.1, -0.05) is 11.5 Å². The Kier molecular flexibility index (Phi) is 4.11. The van der Waals surface area contributed by atoms with Crippen molar-refractivity contribution in [1.29, 1.82) is 0 Å². The van der Waals surface area contributed by atoms with Gasteiger partial charge >= 0.3 is 0 Å². The van der Waals surface area contributed by atoms with Crippen molar-refractivity contribution >= 4 is 21.8 Å². The molecule has 2 aromatic carbocycles. The number of H-pyrrole nitrogens is 2. The Morgan fingerprint density at radius 1 is 0.571 bits per heavy atom. The Labute approximate surface area is 160 Å². The predicted molar refractivity (Wildman–Crippen MR) is 101 cm³/mol. The molecule has 2 heterocycles. The number of rotatable bonds is 5. The number of ether oxygens (including phenoxy) is 4. The van der Waals surface area contributed by atoms with Crippen LogP contribution in [0.4, 0.5) is 0 Å². The highest BCUT2D eigenvalue weighted by Crippen LogP contribution is 2.44. The first kappa shape index (κ1) is 17.7. The average molecular weight is 382 g/mol. The Bertz CT molecular complexity index is 1100. The molecule has 0 aliphatic carbocycles. The van der Waals surface area contributed by atoms with Gasteiger partial charge in [0.15, 0.2) is 23.0 Å². The number of aromatic nitrogens is 2. The third-order valence-electron chi connectivity index (χ3n) is 4.76. The zero-order chi connectivity index (χ0) is 20.0. The second kappa shape index (κ2) is 6.49. The summed E-state index contributed by atoms with van der Waals surface area (Å²) in [7, 11) is 6.02. The third-order valence-corrected chi connectivity index (χ3v) is 4.76. The summed E-state index contributed by atoms with van der Waals surface area (Å²) in [6.45, 7) is 0. The highest BCUT2D eigenvalue weighted by molar-refractivity contribution is 6.00. The fourth-order valence-electron chi connectivity index (χ4n) is 3.34. The highest BCUT2D eigenvalue weighted by atomic mass is 16.5. The van der Waals surface area contributed by atoms with Crippen molar-refractivity contribution in [2.45, 2.75) is 0 Å². The SMILES string of the molecule is COc1cc2[nH]c(-c3[nH]c4cc(OC)c(OC)cc4c3[O-])c([O-])c2cc1OC. The molecule has 2 aromatic heterocycles. The van der Waals surface area contributed by atoms with Gasteiger partial charge in [0.1, 0.15) is 0 Å². The van der Waals surface area contributed by atoms with Crippen molar-refractivity contribution < 1.29 is 29.2 Å². The molecule has 8 nitrogen and oxygen atoms in total. The molecular weight excluding hydrogens is 364 g/mol. The predicted octanol–water partition coefficient (Wildman–Crippen LogP) is 2.50. The van der Waals surface area contributed by atoms with Gasteiger partial charge in [-0.15, -0.1) is 0 Å². The molecule has 4 rings (SSSR count). The normalized spacial score (nSPS) is 11.1. The summed E-state index contributed by atoms with van der Waals surface area (Å²) in [5, 5.41) is 26.7. The van der Waals surface area contributed by atoms with Gasteiger partial charge in [-0.2, -0.15) is 0 Å². The number of aromatic amines is 2. The molecule has 0 unspecified atom stereocenters. The Morgan fingerprint density at radius 3 is 1.21 bits per heavy atom. The molecule has 0 spiro atoms. The van der Waals surface area contributed by atoms with E-state index in [9.17, 15) is 10.2 Å². The lowest BCUT2D eigenvalue weighted by Gasteiger charge is -2.12. The smallest absolute Gasteiger partial charge is 0.162 e. The Balaban J connectivity index is 1.95. The lowest BCUT2D eigenvalue weighted by Crippen LogP contribution is -1.95. The minimum Gasteiger partial charge on any atom is -0.871 e. The summed E-state index contributed by atoms with van der Waals surface area (Å²) in [5.74, 6) is 1.22. The topological polar surface area (TPSA) is 115 Å². The molecule has 0 fully saturated rings. The van der Waals surface area contributed by atoms with Crippen molar-refractivity contribution in [2.75, 3.05) is 28.4 Å². The number of nitrogens with one attached hydrogen (secondary N) is 2. The third kappa shape index (κ3) is 2.45. The van der Waals surface area contributed by atoms with E-state index in [1.165, 1.54) is 28.4 Å². The Hall–Kier alpha value is -3.68. The van der Waals surface area contributed by atoms with Crippen LogP contribution in [0.5, 0.6) is 34.5 Å². The van der Waals surface area contributed by atoms with Crippen molar-refractivity contribution in [3.05, 3.63) is 24.3 Å². The second-order valence-electron chi connectivity index (χ2n) is 6.16. The quantitative estimate of drug-likeness (QED) is 0.548. The molecule has 0 atom stereocenters. The molecular formula is C20H18N2O6-2. The van der Waals surface area contributed by atoms with Crippen molar-refractivity contribution in [3.8, 4) is 45.9 Å². The number of hydrogen-bond acceptors (Lipinski definition) is 6. The minimum absolute atomic E-state index is 0.171. The van der Waals surface area contributed by atoms with E-state index in [4.69, 9.17) is 18.9 Å². The molecule has 0 saturated heterocycles. The van der Waals surface area contributed by atoms with Gasteiger partial charge in [0, 0.05) is 23.2 Å². The van der Waals surface area contributed by atoms with Crippen LogP contribution < -0.4 is 29.2 Å². The summed E-state index contributed by atoms with van der Waals surface area (Å²) < 4.78 is 21.1. The molecule has 146 valence electrons. The van der Waals surface area contributed by atoms with Crippen LogP contribution in [0.25, 0.3) is 33.2 Å². The van der Waals surface area contributed by atoms with E-state index in [0.29, 0.717) is 44.8 Å². The van der Waals surface area contributed by atoms with Gasteiger partial charge in [0.2, 0.25) is 0 Å². The first-order valence-electron chi connectivity index (χ1n) is 8.42. The maximum absolute atomic E-state index is 12.9. The van der Waals surface area contributed by atoms with Gasteiger partial charge < -0.3 is 39.1 Å². The molecule has 0 bridgehead atoms. The van der Waals surface area contributed by atoms with Gasteiger partial charge in [-0.25, -0.2) is 0 Å². The van der Waals surface area contributed by atoms with Crippen molar-refractivity contribution in [1.82, 2.24) is 9.97 Å². The summed E-state index contributed by atoms with van der Waals surface area (Å²) in [6.07, 6.45) is 0. The van der Waals surface area contributed by atoms with Crippen LogP contribution in [0.2, 0.25) is 0 Å². The van der Waals surface area contributed by atoms with E-state index in [0.717, 1.165) is 0 Å². The standard InChI is InChI=1S/C20H20N2O6/c1-25-13-5-9-11(7-15(13)27-3)21-17(19(9)23)18-20(24)10-6-14(26-2)16(28-4)8-12(10)22-18/h5-8,21-24H,1-4H3/p-2. The Morgan fingerprint density at radius 2 is 0.893 bits per heavy atom. The average Bonchev–Trinajstić information content (AvgIpc) is 3.21. The van der Waals surface area contributed by atoms with Crippen LogP contribution in [-0.4, -0.2) is 38.4 Å². The van der Waals surface area contributed by atoms with E-state index in [-0.39, 0.29) is 22.9 Å². The van der Waals surface area contributed by atoms with E-state index in [1.807, 2.05) is 0 Å². The largest absolute Gasteiger partial charge is 0.871 e. The van der Waals surface area contributed by atoms with Gasteiger partial charge in [-0.05, 0) is 22.9 Å². The van der Waals surface area contributed by atoms with Crippen LogP contribution in [0, 0.1) is 0 Å². The molecule has 0 aliphatic rings. The summed E-state index contributed by atoms with van der Waals surface area (Å²) in [5.41, 5.74) is 1.44. The van der Waals surface area contributed by atoms with Crippen LogP contribution in [0.3, 0.4) is 0 Å². The van der Waals surface area contributed by atoms with Crippen molar-refractivity contribution in [2.24, 2.45) is 0 Å². The molecule has 4 aromatic rings. The van der Waals surface area contributed by atoms with Crippen LogP contribution in [0.1, 0.15) is 0 Å². The van der Waals surface area contributed by atoms with Gasteiger partial charge in [0.05, 0.1) is 39.8 Å². The lowest BCUT2D eigenvalue weighted by atomic mass is 10.1. The number of fused-ring (bicyclic) bond motifs is 2. The fourth-order valence-corrected chi connectivity index (χ4v) is 3.34. The molecule has 0 saturated carbocycles. The lowest BCUT2D eigenvalue weighted by molar-refractivity contribution is -0.268. The van der Waals surface area contributed by atoms with Gasteiger partial charge in [0.25, 0.3) is 0 Å². The van der Waals surface area contributed by atoms with E-state index in [1.54, 1.807) is 24.3 Å². The van der Waals surface area contributed by atoms with Gasteiger partial charge in [-0.3, -0.25) is 0 Å². The molecule has 2 N–H and O–H groups in total. The zero-order valence-corrected chi connectivity index (χ0v) is 15.8. The van der Waals surface area contributed by atoms with E-state index in [2.05, 4.69) is 9.97 Å². The molecule has 0 amide bonds. The summed E-state index contributed by atoms with van der Waals surface area (Å²) >= 11 is 0. The van der Waals surface area contributed by atoms with Crippen LogP contribution in [0.15, 0.2) is 24.3 Å². The van der Waals surface area contributed by atoms with Crippen LogP contribution >= 0.6 is 0 Å². The maximum atomic E-state index is 12.9. The first-order chi connectivity index (χ1) is 13.5. The van der Waals surface area contributed by atoms with E-state index >= 15 is 0 Å². The number of hydrogen-bond donors (Lipinski definition) is 2. The van der Waals surface area contributed by atoms with Crippen molar-refractivity contribution in [3.63, 3.8) is 0 Å². The molecule has 0 radical (unpaired) electrons. The minimum atomic E-state index is -0.307. The monoisotopic (exact) mass is 382 g/mol. The molecule has 0 aliphatic heterocycles. The number of methoxy groups -OCH3 is 4. The van der Waals surface area contributed by atoms with Crippen LogP contribution in [-0.2, 0) is 0 Å².